The van der Waals surface area contributed by atoms with Crippen molar-refractivity contribution in [3.63, 3.8) is 0 Å². The van der Waals surface area contributed by atoms with E-state index in [-0.39, 0.29) is 23.5 Å². The summed E-state index contributed by atoms with van der Waals surface area (Å²) >= 11 is 0. The van der Waals surface area contributed by atoms with Crippen LogP contribution in [0.15, 0.2) is 48.0 Å². The lowest BCUT2D eigenvalue weighted by Crippen LogP contribution is -2.30. The second-order valence-corrected chi connectivity index (χ2v) is 8.55. The number of rotatable bonds is 11. The average molecular weight is 430 g/mol. The minimum Gasteiger partial charge on any atom is -0.507 e. The molecule has 3 atom stereocenters. The summed E-state index contributed by atoms with van der Waals surface area (Å²) in [6.45, 7) is 10.6. The van der Waals surface area contributed by atoms with Crippen molar-refractivity contribution < 1.29 is 19.7 Å². The number of nitrogens with one attached hydrogen (secondary N) is 1. The van der Waals surface area contributed by atoms with Gasteiger partial charge in [0.05, 0.1) is 13.2 Å². The van der Waals surface area contributed by atoms with Crippen LogP contribution in [0.4, 0.5) is 0 Å². The summed E-state index contributed by atoms with van der Waals surface area (Å²) < 4.78 is 11.1. The maximum absolute atomic E-state index is 11.1. The van der Waals surface area contributed by atoms with Gasteiger partial charge in [-0.05, 0) is 70.2 Å². The SMILES string of the molecule is C=C(C)[C@@H]1CCC(C)=C[C@H]1c1c(O)cc(CCCCC)cc1OC(/C=C(\O)OC)NC. The van der Waals surface area contributed by atoms with Crippen molar-refractivity contribution in [2.75, 3.05) is 14.2 Å². The van der Waals surface area contributed by atoms with Crippen molar-refractivity contribution in [2.45, 2.75) is 71.4 Å². The van der Waals surface area contributed by atoms with E-state index in [0.29, 0.717) is 5.75 Å². The van der Waals surface area contributed by atoms with E-state index >= 15 is 0 Å². The van der Waals surface area contributed by atoms with Gasteiger partial charge in [-0.2, -0.15) is 0 Å². The number of aliphatic hydroxyl groups excluding tert-OH is 1. The Morgan fingerprint density at radius 2 is 2.10 bits per heavy atom. The van der Waals surface area contributed by atoms with Gasteiger partial charge in [0, 0.05) is 11.5 Å². The maximum Gasteiger partial charge on any atom is 0.277 e. The van der Waals surface area contributed by atoms with E-state index in [0.717, 1.165) is 55.2 Å². The topological polar surface area (TPSA) is 71.0 Å². The fraction of sp³-hybridized carbons (Fsp3) is 0.538. The monoisotopic (exact) mass is 429 g/mol. The van der Waals surface area contributed by atoms with Gasteiger partial charge in [0.15, 0.2) is 6.23 Å². The third-order valence-corrected chi connectivity index (χ3v) is 6.00. The third-order valence-electron chi connectivity index (χ3n) is 6.00. The second kappa shape index (κ2) is 11.8. The van der Waals surface area contributed by atoms with E-state index in [1.807, 2.05) is 12.1 Å². The molecule has 0 bridgehead atoms. The number of ether oxygens (including phenoxy) is 2. The van der Waals surface area contributed by atoms with Crippen LogP contribution in [-0.4, -0.2) is 30.6 Å². The van der Waals surface area contributed by atoms with E-state index < -0.39 is 6.23 Å². The van der Waals surface area contributed by atoms with Crippen LogP contribution in [0.2, 0.25) is 0 Å². The largest absolute Gasteiger partial charge is 0.507 e. The molecule has 1 aromatic carbocycles. The molecule has 1 aromatic rings. The number of phenols is 1. The minimum absolute atomic E-state index is 0.0107. The first kappa shape index (κ1) is 24.9. The van der Waals surface area contributed by atoms with E-state index in [4.69, 9.17) is 9.47 Å². The molecular weight excluding hydrogens is 390 g/mol. The van der Waals surface area contributed by atoms with Crippen LogP contribution >= 0.6 is 0 Å². The first-order valence-corrected chi connectivity index (χ1v) is 11.3. The van der Waals surface area contributed by atoms with Crippen molar-refractivity contribution in [3.05, 3.63) is 59.1 Å². The quantitative estimate of drug-likeness (QED) is 0.171. The van der Waals surface area contributed by atoms with Crippen molar-refractivity contribution in [2.24, 2.45) is 5.92 Å². The zero-order chi connectivity index (χ0) is 23.0. The summed E-state index contributed by atoms with van der Waals surface area (Å²) in [5.41, 5.74) is 4.23. The summed E-state index contributed by atoms with van der Waals surface area (Å²) in [5, 5.41) is 24.0. The number of aromatic hydroxyl groups is 1. The van der Waals surface area contributed by atoms with E-state index in [9.17, 15) is 10.2 Å². The molecule has 5 heteroatoms. The molecule has 0 amide bonds. The Balaban J connectivity index is 2.54. The van der Waals surface area contributed by atoms with Crippen molar-refractivity contribution in [1.29, 1.82) is 0 Å². The number of aryl methyl sites for hydroxylation is 1. The number of unbranched alkanes of at least 4 members (excludes halogenated alkanes) is 2. The molecule has 2 rings (SSSR count). The molecule has 1 aliphatic carbocycles. The molecule has 0 saturated heterocycles. The highest BCUT2D eigenvalue weighted by atomic mass is 16.6. The molecule has 0 aliphatic heterocycles. The van der Waals surface area contributed by atoms with Gasteiger partial charge in [0.1, 0.15) is 11.5 Å². The molecule has 5 nitrogen and oxygen atoms in total. The predicted octanol–water partition coefficient (Wildman–Crippen LogP) is 6.11. The molecule has 0 heterocycles. The number of allylic oxidation sites excluding steroid dienone is 3. The van der Waals surface area contributed by atoms with Crippen LogP contribution in [0.3, 0.4) is 0 Å². The Bertz CT molecular complexity index is 812. The van der Waals surface area contributed by atoms with E-state index in [2.05, 4.69) is 38.7 Å². The molecule has 172 valence electrons. The summed E-state index contributed by atoms with van der Waals surface area (Å²) in [4.78, 5) is 0. The lowest BCUT2D eigenvalue weighted by atomic mass is 9.73. The van der Waals surface area contributed by atoms with E-state index in [1.165, 1.54) is 18.8 Å². The highest BCUT2D eigenvalue weighted by Gasteiger charge is 2.31. The van der Waals surface area contributed by atoms with Crippen LogP contribution in [-0.2, 0) is 11.2 Å². The lowest BCUT2D eigenvalue weighted by Gasteiger charge is -2.32. The second-order valence-electron chi connectivity index (χ2n) is 8.55. The van der Waals surface area contributed by atoms with Gasteiger partial charge >= 0.3 is 0 Å². The Kier molecular flexibility index (Phi) is 9.50. The number of hydrogen-bond acceptors (Lipinski definition) is 5. The maximum atomic E-state index is 11.1. The van der Waals surface area contributed by atoms with Crippen LogP contribution in [0, 0.1) is 5.92 Å². The number of aliphatic hydroxyl groups is 1. The third kappa shape index (κ3) is 6.79. The normalized spacial score (nSPS) is 20.2. The molecule has 1 unspecified atom stereocenters. The van der Waals surface area contributed by atoms with Crippen LogP contribution in [0.5, 0.6) is 11.5 Å². The van der Waals surface area contributed by atoms with E-state index in [1.54, 1.807) is 7.05 Å². The number of likely N-dealkylation sites (N-methyl/N-ethyl adjacent to an activating group) is 1. The molecule has 0 radical (unpaired) electrons. The Morgan fingerprint density at radius 1 is 1.35 bits per heavy atom. The van der Waals surface area contributed by atoms with Gasteiger partial charge in [-0.15, -0.1) is 0 Å². The molecule has 3 N–H and O–H groups in total. The number of methoxy groups -OCH3 is 1. The summed E-state index contributed by atoms with van der Waals surface area (Å²) in [6, 6.07) is 3.90. The van der Waals surface area contributed by atoms with Crippen molar-refractivity contribution >= 4 is 0 Å². The Hall–Kier alpha value is -2.40. The fourth-order valence-electron chi connectivity index (χ4n) is 4.24. The smallest absolute Gasteiger partial charge is 0.277 e. The fourth-order valence-corrected chi connectivity index (χ4v) is 4.24. The average Bonchev–Trinajstić information content (AvgIpc) is 2.72. The molecule has 0 saturated carbocycles. The first-order valence-electron chi connectivity index (χ1n) is 11.3. The molecule has 0 fully saturated rings. The van der Waals surface area contributed by atoms with Gasteiger partial charge in [0.25, 0.3) is 5.95 Å². The molecule has 31 heavy (non-hydrogen) atoms. The van der Waals surface area contributed by atoms with Gasteiger partial charge in [0.2, 0.25) is 0 Å². The molecule has 1 aliphatic rings. The summed E-state index contributed by atoms with van der Waals surface area (Å²) in [5.74, 6) is 0.869. The first-order chi connectivity index (χ1) is 14.8. The molecule has 0 aromatic heterocycles. The number of hydrogen-bond donors (Lipinski definition) is 3. The van der Waals surface area contributed by atoms with Crippen molar-refractivity contribution in [3.8, 4) is 11.5 Å². The minimum atomic E-state index is -0.610. The van der Waals surface area contributed by atoms with Crippen LogP contribution < -0.4 is 10.1 Å². The Morgan fingerprint density at radius 3 is 2.71 bits per heavy atom. The standard InChI is InChI=1S/C26H39NO4/c1-7-8-9-10-19-14-22(28)26(21-13-18(4)11-12-20(21)17(2)3)23(15-19)31-24(27-5)16-25(29)30-6/h13-16,20-21,24,27-29H,2,7-12H2,1,3-6H3/b25-16+/t20-,21+,24?/m0/s1. The van der Waals surface area contributed by atoms with Crippen molar-refractivity contribution in [1.82, 2.24) is 5.32 Å². The molecular formula is C26H39NO4. The Labute approximate surface area is 187 Å². The lowest BCUT2D eigenvalue weighted by molar-refractivity contribution is 0.122. The van der Waals surface area contributed by atoms with Crippen LogP contribution in [0.25, 0.3) is 0 Å². The zero-order valence-electron chi connectivity index (χ0n) is 19.7. The highest BCUT2D eigenvalue weighted by molar-refractivity contribution is 5.52. The molecule has 0 spiro atoms. The predicted molar refractivity (Wildman–Crippen MR) is 127 cm³/mol. The van der Waals surface area contributed by atoms with Gasteiger partial charge in [-0.3, -0.25) is 5.32 Å². The number of phenolic OH excluding ortho intramolecular Hbond substituents is 1. The van der Waals surface area contributed by atoms with Gasteiger partial charge in [-0.1, -0.05) is 43.6 Å². The summed E-state index contributed by atoms with van der Waals surface area (Å²) in [7, 11) is 3.15. The highest BCUT2D eigenvalue weighted by Crippen LogP contribution is 2.47. The van der Waals surface area contributed by atoms with Crippen LogP contribution in [0.1, 0.15) is 69.9 Å². The summed E-state index contributed by atoms with van der Waals surface area (Å²) in [6.07, 6.45) is 9.34. The van der Waals surface area contributed by atoms with Gasteiger partial charge in [-0.25, -0.2) is 0 Å². The zero-order valence-corrected chi connectivity index (χ0v) is 19.7. The number of benzene rings is 1. The van der Waals surface area contributed by atoms with Gasteiger partial charge < -0.3 is 19.7 Å².